The van der Waals surface area contributed by atoms with E-state index in [1.165, 1.54) is 0 Å². The Morgan fingerprint density at radius 2 is 1.90 bits per heavy atom. The second-order valence-electron chi connectivity index (χ2n) is 4.71. The first-order valence-electron chi connectivity index (χ1n) is 6.34. The van der Waals surface area contributed by atoms with Gasteiger partial charge in [-0.1, -0.05) is 41.0 Å². The molecule has 0 atom stereocenters. The van der Waals surface area contributed by atoms with Gasteiger partial charge in [-0.15, -0.1) is 0 Å². The molecule has 0 saturated heterocycles. The number of nitrogens with zero attached hydrogens (tertiary/aromatic N) is 1. The van der Waals surface area contributed by atoms with Gasteiger partial charge in [0.25, 0.3) is 0 Å². The lowest BCUT2D eigenvalue weighted by atomic mass is 9.98. The van der Waals surface area contributed by atoms with E-state index < -0.39 is 0 Å². The average Bonchev–Trinajstić information content (AvgIpc) is 2.81. The van der Waals surface area contributed by atoms with E-state index in [2.05, 4.69) is 21.1 Å². The van der Waals surface area contributed by atoms with Crippen LogP contribution in [0.1, 0.15) is 5.56 Å². The third-order valence-electron chi connectivity index (χ3n) is 3.31. The predicted molar refractivity (Wildman–Crippen MR) is 89.2 cm³/mol. The minimum absolute atomic E-state index is 0.376. The van der Waals surface area contributed by atoms with Gasteiger partial charge in [0.1, 0.15) is 0 Å². The second kappa shape index (κ2) is 5.54. The summed E-state index contributed by atoms with van der Waals surface area (Å²) in [5.74, 6) is 1.01. The molecular weight excluding hydrogens is 352 g/mol. The molecule has 0 unspecified atom stereocenters. The van der Waals surface area contributed by atoms with Crippen LogP contribution in [0.5, 0.6) is 0 Å². The predicted octanol–water partition coefficient (Wildman–Crippen LogP) is 5.32. The van der Waals surface area contributed by atoms with Gasteiger partial charge in [-0.3, -0.25) is 0 Å². The van der Waals surface area contributed by atoms with Crippen LogP contribution < -0.4 is 5.73 Å². The summed E-state index contributed by atoms with van der Waals surface area (Å²) >= 11 is 9.50. The minimum atomic E-state index is 0.376. The molecule has 0 bridgehead atoms. The number of halogens is 2. The Morgan fingerprint density at radius 1 is 1.14 bits per heavy atom. The summed E-state index contributed by atoms with van der Waals surface area (Å²) in [6.07, 6.45) is 0. The van der Waals surface area contributed by atoms with E-state index in [9.17, 15) is 0 Å². The molecule has 0 radical (unpaired) electrons. The number of nitrogens with two attached hydrogens (primary N) is 1. The van der Waals surface area contributed by atoms with E-state index in [4.69, 9.17) is 21.9 Å². The van der Waals surface area contributed by atoms with E-state index in [1.807, 2.05) is 49.4 Å². The molecule has 1 aromatic heterocycles. The van der Waals surface area contributed by atoms with Crippen molar-refractivity contribution in [3.8, 4) is 22.5 Å². The Morgan fingerprint density at radius 3 is 2.62 bits per heavy atom. The lowest BCUT2D eigenvalue weighted by Gasteiger charge is -2.07. The number of nitrogen functional groups attached to an aromatic ring is 1. The first-order chi connectivity index (χ1) is 10.1. The van der Waals surface area contributed by atoms with Crippen molar-refractivity contribution in [3.05, 3.63) is 57.5 Å². The first-order valence-corrected chi connectivity index (χ1v) is 7.51. The molecule has 5 heteroatoms. The van der Waals surface area contributed by atoms with Crippen molar-refractivity contribution in [2.75, 3.05) is 5.73 Å². The molecular formula is C16H12BrClN2O. The van der Waals surface area contributed by atoms with Gasteiger partial charge in [-0.05, 0) is 52.2 Å². The molecule has 1 heterocycles. The number of hydrogen-bond donors (Lipinski definition) is 1. The van der Waals surface area contributed by atoms with Crippen molar-refractivity contribution in [3.63, 3.8) is 0 Å². The van der Waals surface area contributed by atoms with Crippen LogP contribution in [-0.4, -0.2) is 5.16 Å². The van der Waals surface area contributed by atoms with Crippen molar-refractivity contribution < 1.29 is 4.52 Å². The number of rotatable bonds is 2. The van der Waals surface area contributed by atoms with Gasteiger partial charge in [0.05, 0.1) is 5.56 Å². The lowest BCUT2D eigenvalue weighted by Crippen LogP contribution is -1.91. The number of aryl methyl sites for hydroxylation is 1. The number of anilines is 1. The molecule has 2 aromatic carbocycles. The van der Waals surface area contributed by atoms with Crippen LogP contribution in [0, 0.1) is 6.92 Å². The highest BCUT2D eigenvalue weighted by Gasteiger charge is 2.20. The topological polar surface area (TPSA) is 52.0 Å². The van der Waals surface area contributed by atoms with Crippen molar-refractivity contribution in [1.29, 1.82) is 0 Å². The zero-order valence-electron chi connectivity index (χ0n) is 11.2. The van der Waals surface area contributed by atoms with Gasteiger partial charge >= 0.3 is 0 Å². The van der Waals surface area contributed by atoms with Crippen LogP contribution >= 0.6 is 27.5 Å². The smallest absolute Gasteiger partial charge is 0.178 e. The maximum atomic E-state index is 6.01. The monoisotopic (exact) mass is 362 g/mol. The van der Waals surface area contributed by atoms with Crippen LogP contribution in [0.25, 0.3) is 22.5 Å². The summed E-state index contributed by atoms with van der Waals surface area (Å²) < 4.78 is 6.30. The van der Waals surface area contributed by atoms with Crippen molar-refractivity contribution in [2.24, 2.45) is 0 Å². The quantitative estimate of drug-likeness (QED) is 0.671. The zero-order chi connectivity index (χ0) is 15.0. The standard InChI is InChI=1S/C16H12BrClN2O/c1-9-4-2-3-5-11(9)14-15(21-20-16(14)19)12-7-6-10(18)8-13(12)17/h2-8H,1H3,(H2,19,20). The maximum absolute atomic E-state index is 6.01. The first kappa shape index (κ1) is 14.2. The summed E-state index contributed by atoms with van der Waals surface area (Å²) in [5, 5.41) is 4.57. The number of hydrogen-bond acceptors (Lipinski definition) is 3. The fraction of sp³-hybridized carbons (Fsp3) is 0.0625. The molecule has 0 aliphatic carbocycles. The molecule has 3 nitrogen and oxygen atoms in total. The molecule has 3 aromatic rings. The molecule has 0 aliphatic rings. The van der Waals surface area contributed by atoms with Gasteiger partial charge in [0, 0.05) is 15.1 Å². The molecule has 0 aliphatic heterocycles. The summed E-state index contributed by atoms with van der Waals surface area (Å²) in [5.41, 5.74) is 9.80. The third kappa shape index (κ3) is 2.57. The van der Waals surface area contributed by atoms with E-state index in [1.54, 1.807) is 0 Å². The largest absolute Gasteiger partial charge is 0.380 e. The Kier molecular flexibility index (Phi) is 3.74. The molecule has 3 rings (SSSR count). The normalized spacial score (nSPS) is 10.8. The van der Waals surface area contributed by atoms with Gasteiger partial charge < -0.3 is 10.3 Å². The number of aromatic nitrogens is 1. The molecule has 0 spiro atoms. The van der Waals surface area contributed by atoms with Crippen LogP contribution in [-0.2, 0) is 0 Å². The molecule has 2 N–H and O–H groups in total. The van der Waals surface area contributed by atoms with Gasteiger partial charge in [-0.2, -0.15) is 0 Å². The highest BCUT2D eigenvalue weighted by molar-refractivity contribution is 9.10. The Labute approximate surface area is 135 Å². The molecule has 0 amide bonds. The molecule has 0 saturated carbocycles. The summed E-state index contributed by atoms with van der Waals surface area (Å²) in [4.78, 5) is 0. The third-order valence-corrected chi connectivity index (χ3v) is 4.20. The van der Waals surface area contributed by atoms with Gasteiger partial charge in [0.2, 0.25) is 0 Å². The average molecular weight is 364 g/mol. The van der Waals surface area contributed by atoms with Crippen molar-refractivity contribution in [2.45, 2.75) is 6.92 Å². The minimum Gasteiger partial charge on any atom is -0.380 e. The van der Waals surface area contributed by atoms with Gasteiger partial charge in [-0.25, -0.2) is 0 Å². The van der Waals surface area contributed by atoms with E-state index in [-0.39, 0.29) is 0 Å². The second-order valence-corrected chi connectivity index (χ2v) is 6.00. The summed E-state index contributed by atoms with van der Waals surface area (Å²) in [6, 6.07) is 13.5. The summed E-state index contributed by atoms with van der Waals surface area (Å²) in [7, 11) is 0. The fourth-order valence-electron chi connectivity index (χ4n) is 2.27. The fourth-order valence-corrected chi connectivity index (χ4v) is 3.14. The highest BCUT2D eigenvalue weighted by Crippen LogP contribution is 2.41. The van der Waals surface area contributed by atoms with Crippen molar-refractivity contribution >= 4 is 33.3 Å². The Balaban J connectivity index is 2.25. The van der Waals surface area contributed by atoms with E-state index in [0.717, 1.165) is 26.7 Å². The number of benzene rings is 2. The van der Waals surface area contributed by atoms with Crippen molar-refractivity contribution in [1.82, 2.24) is 5.16 Å². The van der Waals surface area contributed by atoms with E-state index >= 15 is 0 Å². The lowest BCUT2D eigenvalue weighted by molar-refractivity contribution is 0.436. The molecule has 21 heavy (non-hydrogen) atoms. The van der Waals surface area contributed by atoms with E-state index in [0.29, 0.717) is 16.6 Å². The Bertz CT molecular complexity index is 814. The Hall–Kier alpha value is -1.78. The maximum Gasteiger partial charge on any atom is 0.178 e. The van der Waals surface area contributed by atoms with Crippen LogP contribution in [0.4, 0.5) is 5.82 Å². The SMILES string of the molecule is Cc1ccccc1-c1c(N)noc1-c1ccc(Cl)cc1Br. The van der Waals surface area contributed by atoms with Crippen LogP contribution in [0.3, 0.4) is 0 Å². The van der Waals surface area contributed by atoms with Gasteiger partial charge in [0.15, 0.2) is 11.6 Å². The molecule has 106 valence electrons. The summed E-state index contributed by atoms with van der Waals surface area (Å²) in [6.45, 7) is 2.03. The molecule has 0 fully saturated rings. The highest BCUT2D eigenvalue weighted by atomic mass is 79.9. The van der Waals surface area contributed by atoms with Crippen LogP contribution in [0.2, 0.25) is 5.02 Å². The van der Waals surface area contributed by atoms with Crippen LogP contribution in [0.15, 0.2) is 51.5 Å². The zero-order valence-corrected chi connectivity index (χ0v) is 13.6.